The quantitative estimate of drug-likeness (QED) is 0.781. The van der Waals surface area contributed by atoms with E-state index in [9.17, 15) is 0 Å². The number of hydrogen-bond donors (Lipinski definition) is 2. The number of thioether (sulfide) groups is 1. The highest BCUT2D eigenvalue weighted by atomic mass is 32.2. The highest BCUT2D eigenvalue weighted by Crippen LogP contribution is 2.37. The van der Waals surface area contributed by atoms with E-state index in [1.807, 2.05) is 11.8 Å². The van der Waals surface area contributed by atoms with Gasteiger partial charge in [0, 0.05) is 18.3 Å². The van der Waals surface area contributed by atoms with Crippen molar-refractivity contribution in [1.82, 2.24) is 13.6 Å². The van der Waals surface area contributed by atoms with Crippen molar-refractivity contribution in [2.75, 3.05) is 20.1 Å². The van der Waals surface area contributed by atoms with Crippen LogP contribution in [0.15, 0.2) is 11.1 Å². The number of hydrogen-bond acceptors (Lipinski definition) is 7. The number of carboxylic acids is 2. The van der Waals surface area contributed by atoms with Crippen LogP contribution >= 0.6 is 23.5 Å². The molecule has 7 nitrogen and oxygen atoms in total. The lowest BCUT2D eigenvalue weighted by molar-refractivity contribution is -0.159. The summed E-state index contributed by atoms with van der Waals surface area (Å²) in [7, 11) is 2.18. The molecule has 0 aromatic carbocycles. The number of aliphatic carboxylic acids is 2. The van der Waals surface area contributed by atoms with Gasteiger partial charge >= 0.3 is 11.9 Å². The summed E-state index contributed by atoms with van der Waals surface area (Å²) in [6.45, 7) is 2.18. The van der Waals surface area contributed by atoms with E-state index >= 15 is 0 Å². The van der Waals surface area contributed by atoms with Gasteiger partial charge in [0.15, 0.2) is 0 Å². The van der Waals surface area contributed by atoms with Gasteiger partial charge in [-0.2, -0.15) is 8.75 Å². The van der Waals surface area contributed by atoms with E-state index in [1.165, 1.54) is 48.0 Å². The summed E-state index contributed by atoms with van der Waals surface area (Å²) in [6, 6.07) is 0. The Morgan fingerprint density at radius 3 is 2.50 bits per heavy atom. The molecule has 9 heteroatoms. The summed E-state index contributed by atoms with van der Waals surface area (Å²) >= 11 is 3.32. The van der Waals surface area contributed by atoms with Gasteiger partial charge in [-0.1, -0.05) is 30.7 Å². The molecule has 132 valence electrons. The van der Waals surface area contributed by atoms with E-state index < -0.39 is 11.9 Å². The zero-order valence-electron chi connectivity index (χ0n) is 13.5. The van der Waals surface area contributed by atoms with Gasteiger partial charge in [-0.15, -0.1) is 0 Å². The van der Waals surface area contributed by atoms with Gasteiger partial charge < -0.3 is 15.1 Å². The molecule has 0 amide bonds. The van der Waals surface area contributed by atoms with Gasteiger partial charge in [-0.05, 0) is 31.9 Å². The Morgan fingerprint density at radius 2 is 1.92 bits per heavy atom. The minimum Gasteiger partial charge on any atom is -0.473 e. The summed E-state index contributed by atoms with van der Waals surface area (Å²) in [5, 5.41) is 16.7. The van der Waals surface area contributed by atoms with Crippen LogP contribution < -0.4 is 0 Å². The van der Waals surface area contributed by atoms with Crippen molar-refractivity contribution in [3.8, 4) is 0 Å². The van der Waals surface area contributed by atoms with Crippen molar-refractivity contribution in [2.24, 2.45) is 0 Å². The molecular formula is C15H21N3O4S2. The lowest BCUT2D eigenvalue weighted by Gasteiger charge is -2.22. The molecule has 0 saturated heterocycles. The minimum absolute atomic E-state index is 0.773. The first-order valence-electron chi connectivity index (χ1n) is 7.80. The van der Waals surface area contributed by atoms with E-state index in [4.69, 9.17) is 19.8 Å². The maximum absolute atomic E-state index is 9.10. The monoisotopic (exact) mass is 371 g/mol. The predicted molar refractivity (Wildman–Crippen MR) is 93.4 cm³/mol. The molecule has 3 rings (SSSR count). The summed E-state index contributed by atoms with van der Waals surface area (Å²) in [5.74, 6) is -3.65. The summed E-state index contributed by atoms with van der Waals surface area (Å²) in [6.07, 6.45) is 8.94. The first kappa shape index (κ1) is 18.9. The normalized spacial score (nSPS) is 18.6. The van der Waals surface area contributed by atoms with E-state index in [1.54, 1.807) is 0 Å². The molecule has 0 atom stereocenters. The summed E-state index contributed by atoms with van der Waals surface area (Å²) in [4.78, 5) is 20.6. The van der Waals surface area contributed by atoms with Gasteiger partial charge in [0.05, 0.1) is 11.7 Å². The molecule has 0 spiro atoms. The van der Waals surface area contributed by atoms with Crippen LogP contribution in [0.5, 0.6) is 0 Å². The second kappa shape index (κ2) is 9.14. The van der Waals surface area contributed by atoms with Gasteiger partial charge in [0.2, 0.25) is 0 Å². The summed E-state index contributed by atoms with van der Waals surface area (Å²) in [5.41, 5.74) is 2.53. The van der Waals surface area contributed by atoms with Crippen molar-refractivity contribution in [1.29, 1.82) is 0 Å². The van der Waals surface area contributed by atoms with E-state index in [0.717, 1.165) is 30.5 Å². The lowest BCUT2D eigenvalue weighted by atomic mass is 10.1. The molecule has 1 aromatic rings. The van der Waals surface area contributed by atoms with E-state index in [2.05, 4.69) is 26.8 Å². The molecule has 24 heavy (non-hydrogen) atoms. The van der Waals surface area contributed by atoms with Crippen LogP contribution in [0.2, 0.25) is 0 Å². The first-order chi connectivity index (χ1) is 11.5. The Morgan fingerprint density at radius 1 is 1.25 bits per heavy atom. The van der Waals surface area contributed by atoms with Crippen LogP contribution in [0.3, 0.4) is 0 Å². The van der Waals surface area contributed by atoms with Crippen molar-refractivity contribution >= 4 is 41.0 Å². The Hall–Kier alpha value is -1.45. The van der Waals surface area contributed by atoms with Crippen LogP contribution in [0.1, 0.15) is 37.8 Å². The molecule has 1 fully saturated rings. The maximum Gasteiger partial charge on any atom is 0.414 e. The van der Waals surface area contributed by atoms with Crippen LogP contribution in [0.4, 0.5) is 0 Å². The fourth-order valence-corrected chi connectivity index (χ4v) is 4.67. The summed E-state index contributed by atoms with van der Waals surface area (Å²) < 4.78 is 9.05. The van der Waals surface area contributed by atoms with Crippen LogP contribution in [0, 0.1) is 0 Å². The Balaban J connectivity index is 0.000000301. The average Bonchev–Trinajstić information content (AvgIpc) is 3.20. The first-order valence-corrected chi connectivity index (χ1v) is 9.41. The van der Waals surface area contributed by atoms with Gasteiger partial charge in [-0.25, -0.2) is 9.59 Å². The number of carboxylic acid groups (broad SMARTS) is 2. The molecule has 2 heterocycles. The highest BCUT2D eigenvalue weighted by Gasteiger charge is 2.22. The second-order valence-corrected chi connectivity index (χ2v) is 7.63. The smallest absolute Gasteiger partial charge is 0.414 e. The molecule has 0 radical (unpaired) electrons. The van der Waals surface area contributed by atoms with E-state index in [0.29, 0.717) is 0 Å². The maximum atomic E-state index is 9.10. The fraction of sp³-hybridized carbons (Fsp3) is 0.600. The third-order valence-corrected chi connectivity index (χ3v) is 5.82. The Kier molecular flexibility index (Phi) is 7.19. The number of likely N-dealkylation sites (N-methyl/N-ethyl adjacent to an activating group) is 1. The predicted octanol–water partition coefficient (Wildman–Crippen LogP) is 2.45. The number of aromatic nitrogens is 2. The number of nitrogens with zero attached hydrogens (tertiary/aromatic N) is 3. The average molecular weight is 371 g/mol. The fourth-order valence-electron chi connectivity index (χ4n) is 2.68. The molecule has 1 aromatic heterocycles. The zero-order valence-corrected chi connectivity index (χ0v) is 15.1. The third-order valence-electron chi connectivity index (χ3n) is 3.87. The third kappa shape index (κ3) is 5.57. The second-order valence-electron chi connectivity index (χ2n) is 5.81. The Labute approximate surface area is 149 Å². The molecular weight excluding hydrogens is 350 g/mol. The molecule has 1 aliphatic heterocycles. The van der Waals surface area contributed by atoms with Crippen molar-refractivity contribution in [3.05, 3.63) is 11.8 Å². The molecule has 0 bridgehead atoms. The zero-order chi connectivity index (χ0) is 17.5. The van der Waals surface area contributed by atoms with Gasteiger partial charge in [0.1, 0.15) is 10.7 Å². The van der Waals surface area contributed by atoms with Gasteiger partial charge in [-0.3, -0.25) is 0 Å². The van der Waals surface area contributed by atoms with Gasteiger partial charge in [0.25, 0.3) is 0 Å². The Bertz CT molecular complexity index is 600. The van der Waals surface area contributed by atoms with E-state index in [-0.39, 0.29) is 0 Å². The molecule has 2 N–H and O–H groups in total. The van der Waals surface area contributed by atoms with Crippen LogP contribution in [-0.4, -0.2) is 61.2 Å². The standard InChI is InChI=1S/C13H19N3S2.C2H2O4/c1-16-8-4-5-10(9-16)12-13(15-18-14-12)17-11-6-2-3-7-11;3-1(4)2(5)6/h5,11H,2-4,6-9H2,1H3;(H,3,4)(H,5,6). The minimum atomic E-state index is -1.82. The molecule has 1 aliphatic carbocycles. The lowest BCUT2D eigenvalue weighted by Crippen LogP contribution is -2.25. The van der Waals surface area contributed by atoms with Crippen molar-refractivity contribution in [3.63, 3.8) is 0 Å². The molecule has 0 unspecified atom stereocenters. The van der Waals surface area contributed by atoms with Crippen molar-refractivity contribution < 1.29 is 19.8 Å². The molecule has 1 saturated carbocycles. The SMILES string of the molecule is CN1CCC=C(c2nsnc2SC2CCCC2)C1.O=C(O)C(=O)O. The topological polar surface area (TPSA) is 104 Å². The largest absolute Gasteiger partial charge is 0.473 e. The van der Waals surface area contributed by atoms with Crippen LogP contribution in [0.25, 0.3) is 5.57 Å². The van der Waals surface area contributed by atoms with Crippen LogP contribution in [-0.2, 0) is 9.59 Å². The highest BCUT2D eigenvalue weighted by molar-refractivity contribution is 8.00. The number of rotatable bonds is 3. The molecule has 2 aliphatic rings. The number of carbonyl (C=O) groups is 2. The van der Waals surface area contributed by atoms with Crippen molar-refractivity contribution in [2.45, 2.75) is 42.4 Å².